The maximum absolute atomic E-state index is 10.7. The Morgan fingerprint density at radius 2 is 2.35 bits per heavy atom. The molecule has 1 aromatic carbocycles. The Bertz CT molecular complexity index is 641. The monoisotopic (exact) mass is 274 g/mol. The molecule has 3 rings (SSSR count). The summed E-state index contributed by atoms with van der Waals surface area (Å²) in [4.78, 5) is 18.7. The highest BCUT2D eigenvalue weighted by Gasteiger charge is 2.15. The topological polar surface area (TPSA) is 90.2 Å². The van der Waals surface area contributed by atoms with Gasteiger partial charge in [0.15, 0.2) is 0 Å². The highest BCUT2D eigenvalue weighted by molar-refractivity contribution is 5.77. The molecular weight excluding hydrogens is 260 g/mol. The van der Waals surface area contributed by atoms with Crippen LogP contribution in [0.1, 0.15) is 12.8 Å². The van der Waals surface area contributed by atoms with Crippen LogP contribution in [-0.2, 0) is 0 Å². The molecule has 2 aromatic rings. The Hall–Kier alpha value is -2.28. The molecule has 20 heavy (non-hydrogen) atoms. The Balaban J connectivity index is 1.76. The minimum atomic E-state index is -0.447. The van der Waals surface area contributed by atoms with E-state index in [1.165, 1.54) is 24.8 Å². The predicted octanol–water partition coefficient (Wildman–Crippen LogP) is 1.67. The van der Waals surface area contributed by atoms with Crippen molar-refractivity contribution in [1.29, 1.82) is 0 Å². The summed E-state index contributed by atoms with van der Waals surface area (Å²) in [6.45, 7) is 1.59. The van der Waals surface area contributed by atoms with Gasteiger partial charge in [-0.1, -0.05) is 0 Å². The molecule has 0 spiro atoms. The van der Waals surface area contributed by atoms with Gasteiger partial charge in [0.05, 0.1) is 22.2 Å². The lowest BCUT2D eigenvalue weighted by Crippen LogP contribution is -2.28. The molecule has 2 heterocycles. The smallest absolute Gasteiger partial charge is 0.271 e. The number of nitrogens with zero attached hydrogens (tertiary/aromatic N) is 3. The lowest BCUT2D eigenvalue weighted by molar-refractivity contribution is -0.384. The molecule has 0 amide bonds. The number of ether oxygens (including phenoxy) is 1. The minimum Gasteiger partial charge on any atom is -0.475 e. The van der Waals surface area contributed by atoms with Gasteiger partial charge in [-0.25, -0.2) is 9.97 Å². The molecule has 1 aliphatic heterocycles. The highest BCUT2D eigenvalue weighted by Crippen LogP contribution is 2.20. The summed E-state index contributed by atoms with van der Waals surface area (Å²) in [7, 11) is 0. The summed E-state index contributed by atoms with van der Waals surface area (Å²) in [5.41, 5.74) is 1.09. The van der Waals surface area contributed by atoms with Crippen LogP contribution in [-0.4, -0.2) is 34.1 Å². The Morgan fingerprint density at radius 3 is 3.10 bits per heavy atom. The van der Waals surface area contributed by atoms with Crippen LogP contribution in [0.2, 0.25) is 0 Å². The predicted molar refractivity (Wildman–Crippen MR) is 72.7 cm³/mol. The Morgan fingerprint density at radius 1 is 1.45 bits per heavy atom. The number of benzene rings is 1. The van der Waals surface area contributed by atoms with E-state index < -0.39 is 4.92 Å². The van der Waals surface area contributed by atoms with E-state index in [9.17, 15) is 10.1 Å². The molecule has 0 radical (unpaired) electrons. The van der Waals surface area contributed by atoms with Crippen LogP contribution in [0.3, 0.4) is 0 Å². The molecular formula is C13H14N4O3. The lowest BCUT2D eigenvalue weighted by Gasteiger charge is -2.11. The molecule has 1 aliphatic rings. The molecule has 0 saturated carbocycles. The first-order valence-electron chi connectivity index (χ1n) is 6.50. The van der Waals surface area contributed by atoms with Crippen molar-refractivity contribution in [1.82, 2.24) is 15.3 Å². The largest absolute Gasteiger partial charge is 0.475 e. The summed E-state index contributed by atoms with van der Waals surface area (Å²) < 4.78 is 5.61. The molecule has 1 atom stereocenters. The van der Waals surface area contributed by atoms with Gasteiger partial charge >= 0.3 is 0 Å². The van der Waals surface area contributed by atoms with Gasteiger partial charge in [0.1, 0.15) is 6.61 Å². The second-order valence-electron chi connectivity index (χ2n) is 4.74. The molecule has 0 aliphatic carbocycles. The van der Waals surface area contributed by atoms with Crippen LogP contribution in [0.15, 0.2) is 24.4 Å². The summed E-state index contributed by atoms with van der Waals surface area (Å²) in [6, 6.07) is 4.77. The van der Waals surface area contributed by atoms with Gasteiger partial charge in [0.2, 0.25) is 5.88 Å². The number of nitro groups is 1. The van der Waals surface area contributed by atoms with Gasteiger partial charge in [-0.3, -0.25) is 10.1 Å². The number of fused-ring (bicyclic) bond motifs is 1. The number of hydrogen-bond acceptors (Lipinski definition) is 6. The second-order valence-corrected chi connectivity index (χ2v) is 4.74. The zero-order chi connectivity index (χ0) is 13.9. The van der Waals surface area contributed by atoms with Crippen LogP contribution in [0, 0.1) is 10.1 Å². The Labute approximate surface area is 115 Å². The van der Waals surface area contributed by atoms with E-state index in [4.69, 9.17) is 4.74 Å². The molecule has 104 valence electrons. The van der Waals surface area contributed by atoms with Crippen LogP contribution >= 0.6 is 0 Å². The summed E-state index contributed by atoms with van der Waals surface area (Å²) in [5.74, 6) is 0.444. The van der Waals surface area contributed by atoms with Gasteiger partial charge in [0.25, 0.3) is 5.69 Å². The average Bonchev–Trinajstić information content (AvgIpc) is 2.97. The minimum absolute atomic E-state index is 0.00984. The van der Waals surface area contributed by atoms with E-state index in [0.717, 1.165) is 13.0 Å². The van der Waals surface area contributed by atoms with Crippen LogP contribution in [0.4, 0.5) is 5.69 Å². The van der Waals surface area contributed by atoms with Crippen LogP contribution in [0.5, 0.6) is 5.88 Å². The van der Waals surface area contributed by atoms with Crippen LogP contribution in [0.25, 0.3) is 11.0 Å². The van der Waals surface area contributed by atoms with Crippen molar-refractivity contribution < 1.29 is 9.66 Å². The fourth-order valence-electron chi connectivity index (χ4n) is 2.25. The van der Waals surface area contributed by atoms with Crippen molar-refractivity contribution >= 4 is 16.7 Å². The number of nitro benzene ring substituents is 1. The summed E-state index contributed by atoms with van der Waals surface area (Å²) >= 11 is 0. The fraction of sp³-hybridized carbons (Fsp3) is 0.385. The first-order valence-corrected chi connectivity index (χ1v) is 6.50. The maximum Gasteiger partial charge on any atom is 0.271 e. The maximum atomic E-state index is 10.7. The number of rotatable bonds is 4. The third kappa shape index (κ3) is 2.67. The number of hydrogen-bond donors (Lipinski definition) is 1. The van der Waals surface area contributed by atoms with Crippen molar-refractivity contribution in [3.63, 3.8) is 0 Å². The highest BCUT2D eigenvalue weighted by atomic mass is 16.6. The number of nitrogens with one attached hydrogen (secondary N) is 1. The summed E-state index contributed by atoms with van der Waals surface area (Å²) in [6.07, 6.45) is 3.77. The third-order valence-corrected chi connectivity index (χ3v) is 3.31. The van der Waals surface area contributed by atoms with Crippen molar-refractivity contribution in [2.24, 2.45) is 0 Å². The van der Waals surface area contributed by atoms with Gasteiger partial charge in [-0.15, -0.1) is 0 Å². The van der Waals surface area contributed by atoms with Crippen molar-refractivity contribution in [2.75, 3.05) is 13.2 Å². The van der Waals surface area contributed by atoms with E-state index >= 15 is 0 Å². The van der Waals surface area contributed by atoms with E-state index in [0.29, 0.717) is 29.6 Å². The van der Waals surface area contributed by atoms with Gasteiger partial charge in [0, 0.05) is 18.2 Å². The fourth-order valence-corrected chi connectivity index (χ4v) is 2.25. The second kappa shape index (κ2) is 5.38. The quantitative estimate of drug-likeness (QED) is 0.673. The first kappa shape index (κ1) is 12.7. The molecule has 1 saturated heterocycles. The molecule has 7 heteroatoms. The van der Waals surface area contributed by atoms with E-state index in [1.807, 2.05) is 0 Å². The van der Waals surface area contributed by atoms with Crippen molar-refractivity contribution in [3.8, 4) is 5.88 Å². The van der Waals surface area contributed by atoms with Crippen molar-refractivity contribution in [2.45, 2.75) is 18.9 Å². The standard InChI is InChI=1S/C13H14N4O3/c18-17(19)10-3-4-11-12(6-10)15-7-13(16-11)20-8-9-2-1-5-14-9/h3-4,6-7,9,14H,1-2,5,8H2/t9-/m1/s1. The normalized spacial score (nSPS) is 18.3. The van der Waals surface area contributed by atoms with E-state index in [1.54, 1.807) is 6.07 Å². The molecule has 0 unspecified atom stereocenters. The van der Waals surface area contributed by atoms with E-state index in [2.05, 4.69) is 15.3 Å². The molecule has 7 nitrogen and oxygen atoms in total. The molecule has 0 bridgehead atoms. The zero-order valence-corrected chi connectivity index (χ0v) is 10.8. The average molecular weight is 274 g/mol. The first-order chi connectivity index (χ1) is 9.72. The Kier molecular flexibility index (Phi) is 3.42. The number of non-ortho nitro benzene ring substituents is 1. The van der Waals surface area contributed by atoms with Crippen molar-refractivity contribution in [3.05, 3.63) is 34.5 Å². The van der Waals surface area contributed by atoms with Gasteiger partial charge in [-0.05, 0) is 25.5 Å². The van der Waals surface area contributed by atoms with Gasteiger partial charge < -0.3 is 10.1 Å². The number of aromatic nitrogens is 2. The zero-order valence-electron chi connectivity index (χ0n) is 10.8. The SMILES string of the molecule is O=[N+]([O-])c1ccc2nc(OC[C@H]3CCCN3)cnc2c1. The lowest BCUT2D eigenvalue weighted by atomic mass is 10.2. The van der Waals surface area contributed by atoms with Gasteiger partial charge in [-0.2, -0.15) is 0 Å². The van der Waals surface area contributed by atoms with E-state index in [-0.39, 0.29) is 5.69 Å². The third-order valence-electron chi connectivity index (χ3n) is 3.31. The molecule has 1 N–H and O–H groups in total. The van der Waals surface area contributed by atoms with Crippen LogP contribution < -0.4 is 10.1 Å². The molecule has 1 aromatic heterocycles. The summed E-state index contributed by atoms with van der Waals surface area (Å²) in [5, 5.41) is 14.0. The molecule has 1 fully saturated rings.